The van der Waals surface area contributed by atoms with Gasteiger partial charge in [0.25, 0.3) is 0 Å². The molecule has 166 valence electrons. The minimum absolute atomic E-state index is 0.0804. The van der Waals surface area contributed by atoms with E-state index >= 15 is 0 Å². The first kappa shape index (κ1) is 24.0. The van der Waals surface area contributed by atoms with E-state index in [9.17, 15) is 19.2 Å². The number of nitrogens with zero attached hydrogens (tertiary/aromatic N) is 1. The molecule has 0 radical (unpaired) electrons. The van der Waals surface area contributed by atoms with Gasteiger partial charge >= 0.3 is 5.97 Å². The Morgan fingerprint density at radius 2 is 1.97 bits per heavy atom. The first-order valence-electron chi connectivity index (χ1n) is 10.2. The highest BCUT2D eigenvalue weighted by Gasteiger charge is 2.20. The van der Waals surface area contributed by atoms with Gasteiger partial charge in [0, 0.05) is 37.2 Å². The van der Waals surface area contributed by atoms with E-state index in [1.807, 2.05) is 29.2 Å². The van der Waals surface area contributed by atoms with Gasteiger partial charge in [-0.25, -0.2) is 0 Å². The van der Waals surface area contributed by atoms with Crippen molar-refractivity contribution < 1.29 is 24.3 Å². The number of aldehydes is 2. The summed E-state index contributed by atoms with van der Waals surface area (Å²) in [6.07, 6.45) is 3.67. The lowest BCUT2D eigenvalue weighted by Crippen LogP contribution is -2.34. The normalized spacial score (nSPS) is 11.7. The zero-order chi connectivity index (χ0) is 22.8. The van der Waals surface area contributed by atoms with Crippen LogP contribution in [0.15, 0.2) is 30.3 Å². The molecule has 0 aliphatic rings. The van der Waals surface area contributed by atoms with Gasteiger partial charge in [-0.2, -0.15) is 0 Å². The van der Waals surface area contributed by atoms with Crippen molar-refractivity contribution in [2.24, 2.45) is 0 Å². The maximum atomic E-state index is 11.8. The molecule has 2 aromatic carbocycles. The molecule has 1 unspecified atom stereocenters. The summed E-state index contributed by atoms with van der Waals surface area (Å²) < 4.78 is 0. The quantitative estimate of drug-likeness (QED) is 0.330. The standard InChI is InChI=1S/C23H29N3O5/c1-24-21(29)11-9-18(15-28)26(2)20-10-8-16(6-4-12-25-13-22(30)31)19-7-3-5-17(14-27)23(19)20/h3,5,7-8,10,14-15,18,25H,4,6,9,11-13H2,1-2H3,(H,24,29)(H,30,31). The maximum absolute atomic E-state index is 11.8. The molecule has 0 bridgehead atoms. The molecule has 31 heavy (non-hydrogen) atoms. The number of amides is 1. The Kier molecular flexibility index (Phi) is 9.14. The number of carboxylic acids is 1. The van der Waals surface area contributed by atoms with Crippen LogP contribution in [-0.2, 0) is 20.8 Å². The van der Waals surface area contributed by atoms with Gasteiger partial charge in [-0.1, -0.05) is 24.3 Å². The summed E-state index contributed by atoms with van der Waals surface area (Å²) in [5.74, 6) is -1.03. The highest BCUT2D eigenvalue weighted by Crippen LogP contribution is 2.33. The number of likely N-dealkylation sites (N-methyl/N-ethyl adjacent to an activating group) is 1. The number of aryl methyl sites for hydroxylation is 1. The van der Waals surface area contributed by atoms with Gasteiger partial charge in [0.2, 0.25) is 5.91 Å². The predicted molar refractivity (Wildman–Crippen MR) is 120 cm³/mol. The summed E-state index contributed by atoms with van der Waals surface area (Å²) in [6.45, 7) is 0.485. The lowest BCUT2D eigenvalue weighted by Gasteiger charge is -2.28. The van der Waals surface area contributed by atoms with Gasteiger partial charge in [-0.05, 0) is 42.8 Å². The highest BCUT2D eigenvalue weighted by atomic mass is 16.4. The van der Waals surface area contributed by atoms with Crippen LogP contribution in [-0.4, -0.2) is 62.8 Å². The van der Waals surface area contributed by atoms with Crippen molar-refractivity contribution in [2.75, 3.05) is 32.1 Å². The predicted octanol–water partition coefficient (Wildman–Crippen LogP) is 1.79. The largest absolute Gasteiger partial charge is 0.480 e. The molecule has 0 heterocycles. The van der Waals surface area contributed by atoms with Crippen molar-refractivity contribution in [1.82, 2.24) is 10.6 Å². The lowest BCUT2D eigenvalue weighted by molar-refractivity contribution is -0.136. The van der Waals surface area contributed by atoms with Gasteiger partial charge in [0.05, 0.1) is 12.6 Å². The van der Waals surface area contributed by atoms with Crippen LogP contribution >= 0.6 is 0 Å². The third-order valence-corrected chi connectivity index (χ3v) is 5.32. The number of benzene rings is 2. The van der Waals surface area contributed by atoms with Gasteiger partial charge in [0.15, 0.2) is 6.29 Å². The van der Waals surface area contributed by atoms with Crippen LogP contribution < -0.4 is 15.5 Å². The average molecular weight is 428 g/mol. The smallest absolute Gasteiger partial charge is 0.317 e. The van der Waals surface area contributed by atoms with E-state index in [1.165, 1.54) is 0 Å². The molecule has 8 heteroatoms. The number of carboxylic acid groups (broad SMARTS) is 1. The van der Waals surface area contributed by atoms with E-state index in [0.29, 0.717) is 24.9 Å². The number of hydrogen-bond acceptors (Lipinski definition) is 6. The fourth-order valence-corrected chi connectivity index (χ4v) is 3.62. The van der Waals surface area contributed by atoms with Gasteiger partial charge in [0.1, 0.15) is 6.29 Å². The summed E-state index contributed by atoms with van der Waals surface area (Å²) in [7, 11) is 3.34. The molecule has 1 amide bonds. The highest BCUT2D eigenvalue weighted by molar-refractivity contribution is 6.07. The third kappa shape index (κ3) is 6.36. The second kappa shape index (κ2) is 11.8. The van der Waals surface area contributed by atoms with E-state index < -0.39 is 12.0 Å². The number of aliphatic carboxylic acids is 1. The van der Waals surface area contributed by atoms with E-state index in [0.717, 1.165) is 41.0 Å². The molecular formula is C23H29N3O5. The van der Waals surface area contributed by atoms with Crippen LogP contribution in [0.4, 0.5) is 5.69 Å². The molecule has 3 N–H and O–H groups in total. The summed E-state index contributed by atoms with van der Waals surface area (Å²) in [4.78, 5) is 47.5. The van der Waals surface area contributed by atoms with Gasteiger partial charge in [-0.3, -0.25) is 14.4 Å². The van der Waals surface area contributed by atoms with Gasteiger partial charge in [-0.15, -0.1) is 0 Å². The van der Waals surface area contributed by atoms with Crippen molar-refractivity contribution in [3.8, 4) is 0 Å². The van der Waals surface area contributed by atoms with Crippen molar-refractivity contribution >= 4 is 40.9 Å². The first-order valence-corrected chi connectivity index (χ1v) is 10.2. The van der Waals surface area contributed by atoms with E-state index in [-0.39, 0.29) is 18.9 Å². The fourth-order valence-electron chi connectivity index (χ4n) is 3.62. The second-order valence-corrected chi connectivity index (χ2v) is 7.33. The Balaban J connectivity index is 2.32. The minimum atomic E-state index is -0.894. The Morgan fingerprint density at radius 1 is 1.19 bits per heavy atom. The molecule has 2 aromatic rings. The monoisotopic (exact) mass is 427 g/mol. The molecule has 0 saturated carbocycles. The molecule has 2 rings (SSSR count). The Labute approximate surface area is 181 Å². The molecular weight excluding hydrogens is 398 g/mol. The Morgan fingerprint density at radius 3 is 2.61 bits per heavy atom. The Hall–Kier alpha value is -3.26. The second-order valence-electron chi connectivity index (χ2n) is 7.33. The van der Waals surface area contributed by atoms with Crippen molar-refractivity contribution in [3.63, 3.8) is 0 Å². The molecule has 0 saturated heterocycles. The molecule has 0 aromatic heterocycles. The molecule has 0 spiro atoms. The van der Waals surface area contributed by atoms with Crippen LogP contribution in [0.2, 0.25) is 0 Å². The fraction of sp³-hybridized carbons (Fsp3) is 0.391. The number of rotatable bonds is 13. The molecule has 8 nitrogen and oxygen atoms in total. The van der Waals surface area contributed by atoms with Crippen molar-refractivity contribution in [3.05, 3.63) is 41.5 Å². The number of fused-ring (bicyclic) bond motifs is 1. The zero-order valence-electron chi connectivity index (χ0n) is 17.9. The first-order chi connectivity index (χ1) is 14.9. The number of anilines is 1. The van der Waals surface area contributed by atoms with Crippen molar-refractivity contribution in [2.45, 2.75) is 31.7 Å². The molecule has 1 atom stereocenters. The topological polar surface area (TPSA) is 116 Å². The summed E-state index contributed by atoms with van der Waals surface area (Å²) in [5.41, 5.74) is 2.32. The van der Waals surface area contributed by atoms with E-state index in [4.69, 9.17) is 5.11 Å². The maximum Gasteiger partial charge on any atom is 0.317 e. The van der Waals surface area contributed by atoms with Crippen LogP contribution in [0.5, 0.6) is 0 Å². The van der Waals surface area contributed by atoms with E-state index in [1.54, 1.807) is 20.2 Å². The number of hydrogen-bond donors (Lipinski definition) is 3. The van der Waals surface area contributed by atoms with E-state index in [2.05, 4.69) is 10.6 Å². The summed E-state index contributed by atoms with van der Waals surface area (Å²) in [6, 6.07) is 8.87. The van der Waals surface area contributed by atoms with Crippen LogP contribution in [0.25, 0.3) is 10.8 Å². The average Bonchev–Trinajstić information content (AvgIpc) is 2.78. The number of carbonyl (C=O) groups excluding carboxylic acids is 3. The third-order valence-electron chi connectivity index (χ3n) is 5.32. The molecule has 0 fully saturated rings. The summed E-state index contributed by atoms with van der Waals surface area (Å²) in [5, 5.41) is 15.8. The molecule has 0 aliphatic carbocycles. The van der Waals surface area contributed by atoms with Crippen molar-refractivity contribution in [1.29, 1.82) is 0 Å². The Bertz CT molecular complexity index is 944. The summed E-state index contributed by atoms with van der Waals surface area (Å²) >= 11 is 0. The minimum Gasteiger partial charge on any atom is -0.480 e. The van der Waals surface area contributed by atoms with Gasteiger partial charge < -0.3 is 25.4 Å². The number of nitrogens with one attached hydrogen (secondary N) is 2. The number of carbonyl (C=O) groups is 4. The SMILES string of the molecule is CNC(=O)CCC(C=O)N(C)c1ccc(CCCNCC(=O)O)c2cccc(C=O)c12. The van der Waals surface area contributed by atoms with Crippen LogP contribution in [0, 0.1) is 0 Å². The molecule has 0 aliphatic heterocycles. The zero-order valence-corrected chi connectivity index (χ0v) is 17.9. The lowest BCUT2D eigenvalue weighted by atomic mass is 9.95. The van der Waals surface area contributed by atoms with Crippen LogP contribution in [0.1, 0.15) is 35.2 Å². The van der Waals surface area contributed by atoms with Crippen LogP contribution in [0.3, 0.4) is 0 Å².